The Morgan fingerprint density at radius 2 is 2.28 bits per heavy atom. The Kier molecular flexibility index (Phi) is 3.71. The van der Waals surface area contributed by atoms with E-state index in [-0.39, 0.29) is 0 Å². The fourth-order valence-corrected chi connectivity index (χ4v) is 2.71. The maximum atomic E-state index is 11.1. The van der Waals surface area contributed by atoms with Gasteiger partial charge in [-0.15, -0.1) is 0 Å². The van der Waals surface area contributed by atoms with E-state index >= 15 is 0 Å². The summed E-state index contributed by atoms with van der Waals surface area (Å²) in [7, 11) is 1.80. The predicted octanol–water partition coefficient (Wildman–Crippen LogP) is 1.74. The van der Waals surface area contributed by atoms with Crippen molar-refractivity contribution in [2.75, 3.05) is 6.54 Å². The lowest BCUT2D eigenvalue weighted by molar-refractivity contribution is 0.0690. The van der Waals surface area contributed by atoms with Crippen molar-refractivity contribution in [3.8, 4) is 0 Å². The van der Waals surface area contributed by atoms with Crippen molar-refractivity contribution in [2.45, 2.75) is 39.3 Å². The third-order valence-electron chi connectivity index (χ3n) is 3.92. The number of aromatic nitrogens is 2. The number of carboxylic acid groups (broad SMARTS) is 1. The maximum Gasteiger partial charge on any atom is 0.339 e. The lowest BCUT2D eigenvalue weighted by Crippen LogP contribution is -2.40. The van der Waals surface area contributed by atoms with E-state index in [9.17, 15) is 4.79 Å². The van der Waals surface area contributed by atoms with Crippen LogP contribution in [0.25, 0.3) is 0 Å². The van der Waals surface area contributed by atoms with E-state index in [1.54, 1.807) is 11.7 Å². The molecule has 1 aromatic rings. The van der Waals surface area contributed by atoms with Crippen molar-refractivity contribution in [1.82, 2.24) is 14.7 Å². The van der Waals surface area contributed by atoms with Gasteiger partial charge in [0, 0.05) is 19.6 Å². The molecule has 5 nitrogen and oxygen atoms in total. The molecule has 100 valence electrons. The Bertz CT molecular complexity index is 441. The Hall–Kier alpha value is -1.36. The lowest BCUT2D eigenvalue weighted by Gasteiger charge is -2.36. The number of carbonyl (C=O) groups is 1. The van der Waals surface area contributed by atoms with E-state index in [0.29, 0.717) is 18.2 Å². The van der Waals surface area contributed by atoms with Crippen LogP contribution in [0.5, 0.6) is 0 Å². The fourth-order valence-electron chi connectivity index (χ4n) is 2.71. The zero-order chi connectivity index (χ0) is 13.3. The highest BCUT2D eigenvalue weighted by molar-refractivity contribution is 5.88. The number of rotatable bonds is 3. The van der Waals surface area contributed by atoms with Gasteiger partial charge in [0.25, 0.3) is 0 Å². The molecule has 0 bridgehead atoms. The quantitative estimate of drug-likeness (QED) is 0.889. The molecule has 1 saturated heterocycles. The van der Waals surface area contributed by atoms with Crippen LogP contribution in [0.4, 0.5) is 0 Å². The van der Waals surface area contributed by atoms with Gasteiger partial charge in [-0.05, 0) is 32.2 Å². The minimum absolute atomic E-state index is 0.323. The van der Waals surface area contributed by atoms with Gasteiger partial charge >= 0.3 is 5.97 Å². The molecule has 0 spiro atoms. The zero-order valence-electron chi connectivity index (χ0n) is 11.3. The standard InChI is InChI=1S/C13H21N3O2/c1-9-4-5-16(10(2)6-9)8-12-11(13(17)18)7-14-15(12)3/h7,9-10H,4-6,8H2,1-3H3,(H,17,18). The van der Waals surface area contributed by atoms with Crippen LogP contribution in [0.2, 0.25) is 0 Å². The molecule has 1 N–H and O–H groups in total. The van der Waals surface area contributed by atoms with Gasteiger partial charge in [-0.3, -0.25) is 9.58 Å². The third kappa shape index (κ3) is 2.56. The van der Waals surface area contributed by atoms with E-state index in [1.165, 1.54) is 19.0 Å². The molecule has 2 unspecified atom stereocenters. The van der Waals surface area contributed by atoms with Crippen LogP contribution in [0, 0.1) is 5.92 Å². The number of hydrogen-bond acceptors (Lipinski definition) is 3. The summed E-state index contributed by atoms with van der Waals surface area (Å²) in [5.41, 5.74) is 1.12. The van der Waals surface area contributed by atoms with Crippen LogP contribution in [-0.2, 0) is 13.6 Å². The van der Waals surface area contributed by atoms with Crippen LogP contribution in [0.3, 0.4) is 0 Å². The van der Waals surface area contributed by atoms with Gasteiger partial charge in [-0.2, -0.15) is 5.10 Å². The molecule has 18 heavy (non-hydrogen) atoms. The second-order valence-electron chi connectivity index (χ2n) is 5.38. The zero-order valence-corrected chi connectivity index (χ0v) is 11.3. The minimum atomic E-state index is -0.892. The van der Waals surface area contributed by atoms with Gasteiger partial charge in [0.2, 0.25) is 0 Å². The number of nitrogens with zero attached hydrogens (tertiary/aromatic N) is 3. The lowest BCUT2D eigenvalue weighted by atomic mass is 9.93. The average Bonchev–Trinajstić information content (AvgIpc) is 2.64. The molecule has 0 aliphatic carbocycles. The van der Waals surface area contributed by atoms with Crippen LogP contribution < -0.4 is 0 Å². The van der Waals surface area contributed by atoms with Crippen LogP contribution in [0.1, 0.15) is 42.7 Å². The summed E-state index contributed by atoms with van der Waals surface area (Å²) in [5.74, 6) is -0.127. The molecule has 1 fully saturated rings. The molecule has 1 aliphatic heterocycles. The summed E-state index contributed by atoms with van der Waals surface area (Å²) in [6, 6.07) is 0.505. The molecule has 2 atom stereocenters. The van der Waals surface area contributed by atoms with Gasteiger partial charge in [0.15, 0.2) is 0 Å². The number of aryl methyl sites for hydroxylation is 1. The Balaban J connectivity index is 2.14. The fraction of sp³-hybridized carbons (Fsp3) is 0.692. The largest absolute Gasteiger partial charge is 0.478 e. The van der Waals surface area contributed by atoms with E-state index in [1.807, 2.05) is 0 Å². The van der Waals surface area contributed by atoms with Crippen molar-refractivity contribution in [2.24, 2.45) is 13.0 Å². The van der Waals surface area contributed by atoms with E-state index in [0.717, 1.165) is 18.2 Å². The van der Waals surface area contributed by atoms with Gasteiger partial charge in [-0.25, -0.2) is 4.79 Å². The van der Waals surface area contributed by atoms with Crippen LogP contribution in [0.15, 0.2) is 6.20 Å². The van der Waals surface area contributed by atoms with Crippen LogP contribution in [-0.4, -0.2) is 38.3 Å². The number of hydrogen-bond donors (Lipinski definition) is 1. The van der Waals surface area contributed by atoms with E-state index < -0.39 is 5.97 Å². The molecule has 0 aromatic carbocycles. The van der Waals surface area contributed by atoms with Gasteiger partial charge in [-0.1, -0.05) is 6.92 Å². The predicted molar refractivity (Wildman–Crippen MR) is 68.4 cm³/mol. The number of aromatic carboxylic acids is 1. The normalized spacial score (nSPS) is 25.3. The smallest absolute Gasteiger partial charge is 0.339 e. The molecular formula is C13H21N3O2. The average molecular weight is 251 g/mol. The van der Waals surface area contributed by atoms with Gasteiger partial charge in [0.05, 0.1) is 11.9 Å². The van der Waals surface area contributed by atoms with Gasteiger partial charge < -0.3 is 5.11 Å². The highest BCUT2D eigenvalue weighted by Gasteiger charge is 2.25. The van der Waals surface area contributed by atoms with Crippen molar-refractivity contribution in [3.63, 3.8) is 0 Å². The summed E-state index contributed by atoms with van der Waals surface area (Å²) in [4.78, 5) is 13.5. The molecule has 0 radical (unpaired) electrons. The SMILES string of the molecule is CC1CCN(Cc2c(C(=O)O)cnn2C)C(C)C1. The second-order valence-corrected chi connectivity index (χ2v) is 5.38. The molecule has 0 saturated carbocycles. The first kappa shape index (κ1) is 13.1. The summed E-state index contributed by atoms with van der Waals surface area (Å²) in [5, 5.41) is 13.2. The Morgan fingerprint density at radius 3 is 2.89 bits per heavy atom. The second kappa shape index (κ2) is 5.10. The van der Waals surface area contributed by atoms with Crippen molar-refractivity contribution in [3.05, 3.63) is 17.5 Å². The summed E-state index contributed by atoms with van der Waals surface area (Å²) in [6.07, 6.45) is 3.81. The van der Waals surface area contributed by atoms with Crippen molar-refractivity contribution >= 4 is 5.97 Å². The number of carboxylic acids is 1. The number of piperidine rings is 1. The molecular weight excluding hydrogens is 230 g/mol. The maximum absolute atomic E-state index is 11.1. The molecule has 2 heterocycles. The molecule has 5 heteroatoms. The van der Waals surface area contributed by atoms with Crippen molar-refractivity contribution < 1.29 is 9.90 Å². The Labute approximate surface area is 107 Å². The molecule has 2 rings (SSSR count). The minimum Gasteiger partial charge on any atom is -0.478 e. The first-order valence-electron chi connectivity index (χ1n) is 6.47. The highest BCUT2D eigenvalue weighted by atomic mass is 16.4. The molecule has 0 amide bonds. The topological polar surface area (TPSA) is 58.4 Å². The molecule has 1 aromatic heterocycles. The highest BCUT2D eigenvalue weighted by Crippen LogP contribution is 2.24. The number of likely N-dealkylation sites (tertiary alicyclic amines) is 1. The summed E-state index contributed by atoms with van der Waals surface area (Å²) >= 11 is 0. The summed E-state index contributed by atoms with van der Waals surface area (Å²) in [6.45, 7) is 6.20. The van der Waals surface area contributed by atoms with E-state index in [4.69, 9.17) is 5.11 Å². The third-order valence-corrected chi connectivity index (χ3v) is 3.92. The summed E-state index contributed by atoms with van der Waals surface area (Å²) < 4.78 is 1.67. The van der Waals surface area contributed by atoms with Gasteiger partial charge in [0.1, 0.15) is 5.56 Å². The molecule has 1 aliphatic rings. The first-order valence-corrected chi connectivity index (χ1v) is 6.47. The van der Waals surface area contributed by atoms with Crippen LogP contribution >= 0.6 is 0 Å². The Morgan fingerprint density at radius 1 is 1.56 bits per heavy atom. The van der Waals surface area contributed by atoms with Crippen molar-refractivity contribution in [1.29, 1.82) is 0 Å². The van der Waals surface area contributed by atoms with E-state index in [2.05, 4.69) is 23.8 Å². The monoisotopic (exact) mass is 251 g/mol. The first-order chi connectivity index (χ1) is 8.49.